The Kier molecular flexibility index (Phi) is 7.87. The van der Waals surface area contributed by atoms with E-state index in [9.17, 15) is 4.79 Å². The van der Waals surface area contributed by atoms with E-state index in [1.54, 1.807) is 0 Å². The molecule has 2 aliphatic carbocycles. The van der Waals surface area contributed by atoms with Crippen LogP contribution in [0.15, 0.2) is 4.99 Å². The van der Waals surface area contributed by atoms with Gasteiger partial charge in [0.05, 0.1) is 6.10 Å². The lowest BCUT2D eigenvalue weighted by Crippen LogP contribution is -2.72. The van der Waals surface area contributed by atoms with Gasteiger partial charge in [-0.25, -0.2) is 0 Å². The molecule has 0 aromatic rings. The SMILES string of the molecule is CCNC(=NCCCN1CCCCCC1=O)NC1C2CCOC2C12CCC2.I. The Hall–Kier alpha value is -0.570. The lowest BCUT2D eigenvalue weighted by atomic mass is 9.46. The Morgan fingerprint density at radius 1 is 1.29 bits per heavy atom. The molecule has 4 rings (SSSR count). The van der Waals surface area contributed by atoms with Crippen LogP contribution in [0.3, 0.4) is 0 Å². The van der Waals surface area contributed by atoms with Crippen LogP contribution in [0, 0.1) is 11.3 Å². The minimum atomic E-state index is 0. The zero-order valence-corrected chi connectivity index (χ0v) is 19.6. The summed E-state index contributed by atoms with van der Waals surface area (Å²) in [6.45, 7) is 6.45. The van der Waals surface area contributed by atoms with E-state index in [0.29, 0.717) is 29.4 Å². The molecule has 3 atom stereocenters. The molecule has 160 valence electrons. The monoisotopic (exact) mass is 504 g/mol. The molecule has 7 heteroatoms. The standard InChI is InChI=1S/C21H36N4O2.HI/c1-2-22-20(23-12-7-14-25-13-5-3-4-8-17(25)26)24-18-16-9-15-27-19(16)21(18)10-6-11-21;/h16,18-19H,2-15H2,1H3,(H2,22,23,24);1H. The van der Waals surface area contributed by atoms with Gasteiger partial charge in [0.1, 0.15) is 0 Å². The second kappa shape index (κ2) is 9.96. The number of nitrogens with one attached hydrogen (secondary N) is 2. The van der Waals surface area contributed by atoms with Crippen molar-refractivity contribution in [2.45, 2.75) is 76.9 Å². The summed E-state index contributed by atoms with van der Waals surface area (Å²) in [5.74, 6) is 1.93. The Balaban J connectivity index is 0.00000225. The van der Waals surface area contributed by atoms with E-state index in [1.807, 2.05) is 4.90 Å². The highest BCUT2D eigenvalue weighted by molar-refractivity contribution is 14.0. The molecule has 3 unspecified atom stereocenters. The molecule has 4 aliphatic rings. The predicted molar refractivity (Wildman–Crippen MR) is 122 cm³/mol. The Bertz CT molecular complexity index is 567. The van der Waals surface area contributed by atoms with Crippen LogP contribution in [0.4, 0.5) is 0 Å². The van der Waals surface area contributed by atoms with Gasteiger partial charge in [-0.1, -0.05) is 12.8 Å². The lowest BCUT2D eigenvalue weighted by molar-refractivity contribution is -0.171. The van der Waals surface area contributed by atoms with Gasteiger partial charge in [0.25, 0.3) is 0 Å². The summed E-state index contributed by atoms with van der Waals surface area (Å²) >= 11 is 0. The van der Waals surface area contributed by atoms with Crippen molar-refractivity contribution >= 4 is 35.8 Å². The van der Waals surface area contributed by atoms with Crippen LogP contribution < -0.4 is 10.6 Å². The van der Waals surface area contributed by atoms with Gasteiger partial charge in [-0.15, -0.1) is 24.0 Å². The van der Waals surface area contributed by atoms with Gasteiger partial charge in [0.15, 0.2) is 5.96 Å². The first-order chi connectivity index (χ1) is 13.2. The predicted octanol–water partition coefficient (Wildman–Crippen LogP) is 2.91. The molecule has 2 saturated carbocycles. The number of aliphatic imine (C=N–C) groups is 1. The topological polar surface area (TPSA) is 66.0 Å². The van der Waals surface area contributed by atoms with E-state index in [0.717, 1.165) is 64.4 Å². The summed E-state index contributed by atoms with van der Waals surface area (Å²) in [6.07, 6.45) is 10.6. The zero-order valence-electron chi connectivity index (χ0n) is 17.3. The highest BCUT2D eigenvalue weighted by Gasteiger charge is 2.66. The molecular weight excluding hydrogens is 467 g/mol. The summed E-state index contributed by atoms with van der Waals surface area (Å²) in [6, 6.07) is 0.517. The quantitative estimate of drug-likeness (QED) is 0.253. The number of amides is 1. The highest BCUT2D eigenvalue weighted by atomic mass is 127. The van der Waals surface area contributed by atoms with Crippen molar-refractivity contribution in [3.05, 3.63) is 0 Å². The van der Waals surface area contributed by atoms with E-state index in [-0.39, 0.29) is 24.0 Å². The second-order valence-corrected chi connectivity index (χ2v) is 8.76. The van der Waals surface area contributed by atoms with Crippen LogP contribution in [0.5, 0.6) is 0 Å². The molecule has 6 nitrogen and oxygen atoms in total. The van der Waals surface area contributed by atoms with Crippen molar-refractivity contribution in [3.8, 4) is 0 Å². The maximum atomic E-state index is 12.1. The first-order valence-corrected chi connectivity index (χ1v) is 11.2. The molecule has 1 spiro atoms. The van der Waals surface area contributed by atoms with Crippen LogP contribution in [0.1, 0.15) is 64.7 Å². The number of ether oxygens (including phenoxy) is 1. The van der Waals surface area contributed by atoms with Gasteiger partial charge in [-0.2, -0.15) is 0 Å². The fraction of sp³-hybridized carbons (Fsp3) is 0.905. The van der Waals surface area contributed by atoms with Crippen LogP contribution in [0.25, 0.3) is 0 Å². The molecule has 0 bridgehead atoms. The third kappa shape index (κ3) is 4.30. The summed E-state index contributed by atoms with van der Waals surface area (Å²) in [5, 5.41) is 7.18. The fourth-order valence-electron chi connectivity index (χ4n) is 5.65. The van der Waals surface area contributed by atoms with E-state index in [2.05, 4.69) is 17.6 Å². The van der Waals surface area contributed by atoms with Crippen LogP contribution in [0.2, 0.25) is 0 Å². The van der Waals surface area contributed by atoms with Crippen molar-refractivity contribution in [1.82, 2.24) is 15.5 Å². The Morgan fingerprint density at radius 2 is 2.14 bits per heavy atom. The number of hydrogen-bond acceptors (Lipinski definition) is 3. The largest absolute Gasteiger partial charge is 0.377 e. The van der Waals surface area contributed by atoms with E-state index in [4.69, 9.17) is 9.73 Å². The molecule has 1 amide bonds. The first-order valence-electron chi connectivity index (χ1n) is 11.2. The average molecular weight is 504 g/mol. The molecule has 2 saturated heterocycles. The van der Waals surface area contributed by atoms with Gasteiger partial charge in [-0.3, -0.25) is 9.79 Å². The first kappa shape index (κ1) is 22.1. The summed E-state index contributed by atoms with van der Waals surface area (Å²) in [5.41, 5.74) is 0.371. The molecule has 2 N–H and O–H groups in total. The molecule has 28 heavy (non-hydrogen) atoms. The Labute approximate surface area is 186 Å². The summed E-state index contributed by atoms with van der Waals surface area (Å²) < 4.78 is 6.03. The lowest BCUT2D eigenvalue weighted by Gasteiger charge is -2.63. The van der Waals surface area contributed by atoms with Gasteiger partial charge in [0, 0.05) is 56.6 Å². The van der Waals surface area contributed by atoms with Gasteiger partial charge >= 0.3 is 0 Å². The van der Waals surface area contributed by atoms with Crippen molar-refractivity contribution < 1.29 is 9.53 Å². The molecular formula is C21H37IN4O2. The molecule has 0 radical (unpaired) electrons. The normalized spacial score (nSPS) is 31.3. The number of nitrogens with zero attached hydrogens (tertiary/aromatic N) is 2. The van der Waals surface area contributed by atoms with Crippen LogP contribution in [-0.2, 0) is 9.53 Å². The van der Waals surface area contributed by atoms with Gasteiger partial charge in [-0.05, 0) is 45.4 Å². The number of halogens is 1. The molecule has 2 heterocycles. The summed E-state index contributed by atoms with van der Waals surface area (Å²) in [4.78, 5) is 19.0. The highest BCUT2D eigenvalue weighted by Crippen LogP contribution is 2.62. The molecule has 2 aliphatic heterocycles. The number of guanidine groups is 1. The number of likely N-dealkylation sites (tertiary alicyclic amines) is 1. The maximum absolute atomic E-state index is 12.1. The number of carbonyl (C=O) groups excluding carboxylic acids is 1. The average Bonchev–Trinajstić information content (AvgIpc) is 2.93. The molecule has 4 fully saturated rings. The zero-order chi connectivity index (χ0) is 18.7. The summed E-state index contributed by atoms with van der Waals surface area (Å²) in [7, 11) is 0. The van der Waals surface area contributed by atoms with Crippen molar-refractivity contribution in [1.29, 1.82) is 0 Å². The third-order valence-electron chi connectivity index (χ3n) is 7.20. The molecule has 0 aromatic carbocycles. The maximum Gasteiger partial charge on any atom is 0.222 e. The van der Waals surface area contributed by atoms with Gasteiger partial charge in [0.2, 0.25) is 5.91 Å². The third-order valence-corrected chi connectivity index (χ3v) is 7.20. The fourth-order valence-corrected chi connectivity index (χ4v) is 5.65. The minimum Gasteiger partial charge on any atom is -0.377 e. The van der Waals surface area contributed by atoms with Crippen molar-refractivity contribution in [2.24, 2.45) is 16.3 Å². The van der Waals surface area contributed by atoms with E-state index < -0.39 is 0 Å². The minimum absolute atomic E-state index is 0. The number of fused-ring (bicyclic) bond motifs is 2. The number of rotatable bonds is 6. The van der Waals surface area contributed by atoms with Crippen molar-refractivity contribution in [2.75, 3.05) is 32.8 Å². The molecule has 0 aromatic heterocycles. The van der Waals surface area contributed by atoms with Crippen LogP contribution in [-0.4, -0.2) is 61.7 Å². The van der Waals surface area contributed by atoms with Crippen molar-refractivity contribution in [3.63, 3.8) is 0 Å². The number of carbonyl (C=O) groups is 1. The number of hydrogen-bond donors (Lipinski definition) is 2. The van der Waals surface area contributed by atoms with E-state index >= 15 is 0 Å². The second-order valence-electron chi connectivity index (χ2n) is 8.76. The Morgan fingerprint density at radius 3 is 2.89 bits per heavy atom. The van der Waals surface area contributed by atoms with E-state index in [1.165, 1.54) is 32.1 Å². The smallest absolute Gasteiger partial charge is 0.222 e. The van der Waals surface area contributed by atoms with Crippen LogP contribution >= 0.6 is 24.0 Å². The van der Waals surface area contributed by atoms with Gasteiger partial charge < -0.3 is 20.3 Å².